The molecule has 5 heteroatoms. The van der Waals surface area contributed by atoms with Gasteiger partial charge in [0.1, 0.15) is 0 Å². The van der Waals surface area contributed by atoms with Crippen molar-refractivity contribution < 1.29 is 9.59 Å². The van der Waals surface area contributed by atoms with E-state index in [4.69, 9.17) is 0 Å². The zero-order valence-electron chi connectivity index (χ0n) is 16.3. The summed E-state index contributed by atoms with van der Waals surface area (Å²) in [5, 5.41) is 8.06. The number of anilines is 2. The van der Waals surface area contributed by atoms with E-state index in [0.29, 0.717) is 0 Å². The predicted octanol–water partition coefficient (Wildman–Crippen LogP) is 5.08. The Kier molecular flexibility index (Phi) is 6.37. The number of hydrogen-bond acceptors (Lipinski definition) is 3. The second-order valence-electron chi connectivity index (χ2n) is 6.92. The third kappa shape index (κ3) is 5.14. The van der Waals surface area contributed by atoms with E-state index in [1.54, 1.807) is 0 Å². The maximum Gasteiger partial charge on any atom is 0.234 e. The van der Waals surface area contributed by atoms with Gasteiger partial charge < -0.3 is 10.6 Å². The molecule has 0 saturated heterocycles. The molecule has 0 aliphatic heterocycles. The lowest BCUT2D eigenvalue weighted by molar-refractivity contribution is -0.114. The fraction of sp³-hybridized carbons (Fsp3) is 0.217. The predicted molar refractivity (Wildman–Crippen MR) is 119 cm³/mol. The van der Waals surface area contributed by atoms with Crippen LogP contribution in [0.3, 0.4) is 0 Å². The van der Waals surface area contributed by atoms with Gasteiger partial charge in [0, 0.05) is 11.4 Å². The van der Waals surface area contributed by atoms with Crippen LogP contribution in [0, 0.1) is 20.8 Å². The second-order valence-corrected chi connectivity index (χ2v) is 7.91. The van der Waals surface area contributed by atoms with Crippen LogP contribution in [0.2, 0.25) is 0 Å². The first-order chi connectivity index (χ1) is 13.4. The monoisotopic (exact) mass is 392 g/mol. The van der Waals surface area contributed by atoms with Gasteiger partial charge in [-0.05, 0) is 54.8 Å². The van der Waals surface area contributed by atoms with E-state index in [-0.39, 0.29) is 23.3 Å². The van der Waals surface area contributed by atoms with Gasteiger partial charge in [0.15, 0.2) is 0 Å². The Hall–Kier alpha value is -2.79. The smallest absolute Gasteiger partial charge is 0.234 e. The number of aryl methyl sites for hydroxylation is 3. The molecular formula is C23H24N2O2S. The van der Waals surface area contributed by atoms with E-state index in [1.165, 1.54) is 17.3 Å². The lowest BCUT2D eigenvalue weighted by Crippen LogP contribution is -2.19. The first-order valence-electron chi connectivity index (χ1n) is 9.16. The Morgan fingerprint density at radius 3 is 2.07 bits per heavy atom. The summed E-state index contributed by atoms with van der Waals surface area (Å²) in [6, 6.07) is 17.9. The van der Waals surface area contributed by atoms with Crippen molar-refractivity contribution in [1.82, 2.24) is 0 Å². The van der Waals surface area contributed by atoms with Crippen molar-refractivity contribution in [3.05, 3.63) is 71.3 Å². The molecule has 144 valence electrons. The molecule has 3 rings (SSSR count). The molecule has 0 fully saturated rings. The molecular weight excluding hydrogens is 368 g/mol. The van der Waals surface area contributed by atoms with Gasteiger partial charge in [-0.3, -0.25) is 9.59 Å². The van der Waals surface area contributed by atoms with Crippen molar-refractivity contribution in [1.29, 1.82) is 0 Å². The first-order valence-corrected chi connectivity index (χ1v) is 10.3. The van der Waals surface area contributed by atoms with Gasteiger partial charge >= 0.3 is 0 Å². The van der Waals surface area contributed by atoms with Crippen molar-refractivity contribution in [3.8, 4) is 0 Å². The number of amides is 2. The summed E-state index contributed by atoms with van der Waals surface area (Å²) in [5.41, 5.74) is 4.89. The summed E-state index contributed by atoms with van der Waals surface area (Å²) in [6.45, 7) is 6.01. The Labute approximate surface area is 169 Å². The Morgan fingerprint density at radius 2 is 1.39 bits per heavy atom. The topological polar surface area (TPSA) is 58.2 Å². The zero-order chi connectivity index (χ0) is 20.1. The fourth-order valence-electron chi connectivity index (χ4n) is 3.25. The molecule has 3 aromatic rings. The Morgan fingerprint density at radius 1 is 0.786 bits per heavy atom. The van der Waals surface area contributed by atoms with Crippen LogP contribution in [-0.2, 0) is 9.59 Å². The molecule has 2 amide bonds. The number of thioether (sulfide) groups is 1. The van der Waals surface area contributed by atoms with Crippen LogP contribution in [0.15, 0.2) is 54.6 Å². The molecule has 0 heterocycles. The van der Waals surface area contributed by atoms with E-state index in [0.717, 1.165) is 33.3 Å². The van der Waals surface area contributed by atoms with Crippen LogP contribution in [0.25, 0.3) is 10.8 Å². The van der Waals surface area contributed by atoms with Gasteiger partial charge in [0.2, 0.25) is 11.8 Å². The van der Waals surface area contributed by atoms with Gasteiger partial charge in [0.05, 0.1) is 11.5 Å². The van der Waals surface area contributed by atoms with Crippen LogP contribution >= 0.6 is 11.8 Å². The number of fused-ring (bicyclic) bond motifs is 1. The van der Waals surface area contributed by atoms with E-state index in [2.05, 4.69) is 10.6 Å². The minimum absolute atomic E-state index is 0.0986. The van der Waals surface area contributed by atoms with Gasteiger partial charge in [0.25, 0.3) is 0 Å². The van der Waals surface area contributed by atoms with Crippen molar-refractivity contribution in [2.75, 3.05) is 22.1 Å². The maximum absolute atomic E-state index is 12.2. The molecule has 0 saturated carbocycles. The van der Waals surface area contributed by atoms with Crippen molar-refractivity contribution >= 4 is 45.7 Å². The van der Waals surface area contributed by atoms with Crippen LogP contribution in [0.4, 0.5) is 11.4 Å². The number of carbonyl (C=O) groups excluding carboxylic acids is 2. The van der Waals surface area contributed by atoms with Gasteiger partial charge in [-0.25, -0.2) is 0 Å². The molecule has 0 unspecified atom stereocenters. The summed E-state index contributed by atoms with van der Waals surface area (Å²) < 4.78 is 0. The highest BCUT2D eigenvalue weighted by Gasteiger charge is 2.10. The van der Waals surface area contributed by atoms with Crippen molar-refractivity contribution in [2.24, 2.45) is 0 Å². The normalized spacial score (nSPS) is 10.7. The van der Waals surface area contributed by atoms with Crippen LogP contribution in [0.1, 0.15) is 16.7 Å². The SMILES string of the molecule is Cc1cc(C)c(NC(=O)CSCC(=O)Nc2ccc3ccccc3c2)c(C)c1. The fourth-order valence-corrected chi connectivity index (χ4v) is 3.87. The standard InChI is InChI=1S/C23H24N2O2S/c1-15-10-16(2)23(17(3)11-15)25-22(27)14-28-13-21(26)24-20-9-8-18-6-4-5-7-19(18)12-20/h4-12H,13-14H2,1-3H3,(H,24,26)(H,25,27). The van der Waals surface area contributed by atoms with Crippen molar-refractivity contribution in [3.63, 3.8) is 0 Å². The molecule has 0 atom stereocenters. The highest BCUT2D eigenvalue weighted by atomic mass is 32.2. The molecule has 2 N–H and O–H groups in total. The minimum Gasteiger partial charge on any atom is -0.325 e. The van der Waals surface area contributed by atoms with Crippen LogP contribution < -0.4 is 10.6 Å². The van der Waals surface area contributed by atoms with E-state index in [1.807, 2.05) is 75.4 Å². The van der Waals surface area contributed by atoms with Crippen molar-refractivity contribution in [2.45, 2.75) is 20.8 Å². The second kappa shape index (κ2) is 8.93. The molecule has 0 radical (unpaired) electrons. The molecule has 3 aromatic carbocycles. The maximum atomic E-state index is 12.2. The lowest BCUT2D eigenvalue weighted by Gasteiger charge is -2.12. The highest BCUT2D eigenvalue weighted by molar-refractivity contribution is 8.00. The van der Waals surface area contributed by atoms with Gasteiger partial charge in [-0.15, -0.1) is 11.8 Å². The quantitative estimate of drug-likeness (QED) is 0.615. The summed E-state index contributed by atoms with van der Waals surface area (Å²) in [6.07, 6.45) is 0. The summed E-state index contributed by atoms with van der Waals surface area (Å²) >= 11 is 1.30. The molecule has 0 aliphatic rings. The molecule has 0 aromatic heterocycles. The zero-order valence-corrected chi connectivity index (χ0v) is 17.2. The summed E-state index contributed by atoms with van der Waals surface area (Å²) in [7, 11) is 0. The van der Waals surface area contributed by atoms with Gasteiger partial charge in [-0.2, -0.15) is 0 Å². The molecule has 4 nitrogen and oxygen atoms in total. The van der Waals surface area contributed by atoms with E-state index >= 15 is 0 Å². The highest BCUT2D eigenvalue weighted by Crippen LogP contribution is 2.22. The molecule has 0 spiro atoms. The number of nitrogens with one attached hydrogen (secondary N) is 2. The average molecular weight is 393 g/mol. The minimum atomic E-state index is -0.115. The molecule has 28 heavy (non-hydrogen) atoms. The molecule has 0 aliphatic carbocycles. The lowest BCUT2D eigenvalue weighted by atomic mass is 10.1. The average Bonchev–Trinajstić information content (AvgIpc) is 2.64. The number of rotatable bonds is 6. The number of benzene rings is 3. The Bertz CT molecular complexity index is 1010. The third-order valence-electron chi connectivity index (χ3n) is 4.44. The summed E-state index contributed by atoms with van der Waals surface area (Å²) in [4.78, 5) is 24.4. The number of hydrogen-bond donors (Lipinski definition) is 2. The number of carbonyl (C=O) groups is 2. The van der Waals surface area contributed by atoms with E-state index < -0.39 is 0 Å². The van der Waals surface area contributed by atoms with Gasteiger partial charge in [-0.1, -0.05) is 48.0 Å². The molecule has 0 bridgehead atoms. The van der Waals surface area contributed by atoms with E-state index in [9.17, 15) is 9.59 Å². The van der Waals surface area contributed by atoms with Crippen LogP contribution in [0.5, 0.6) is 0 Å². The first kappa shape index (κ1) is 20.0. The Balaban J connectivity index is 1.49. The largest absolute Gasteiger partial charge is 0.325 e. The third-order valence-corrected chi connectivity index (χ3v) is 5.37. The van der Waals surface area contributed by atoms with Crippen LogP contribution in [-0.4, -0.2) is 23.3 Å². The summed E-state index contributed by atoms with van der Waals surface area (Å²) in [5.74, 6) is 0.249.